The number of benzene rings is 2. The Balaban J connectivity index is 1.54. The van der Waals surface area contributed by atoms with Crippen LogP contribution < -0.4 is 15.8 Å². The molecule has 1 saturated carbocycles. The predicted octanol–water partition coefficient (Wildman–Crippen LogP) is 6.52. The first kappa shape index (κ1) is 26.4. The zero-order valence-electron chi connectivity index (χ0n) is 21.3. The molecule has 6 nitrogen and oxygen atoms in total. The Hall–Kier alpha value is -3.20. The predicted molar refractivity (Wildman–Crippen MR) is 152 cm³/mol. The molecule has 1 amide bonds. The molecule has 1 aliphatic carbocycles. The van der Waals surface area contributed by atoms with Crippen LogP contribution in [-0.4, -0.2) is 42.0 Å². The third-order valence-electron chi connectivity index (χ3n) is 7.35. The summed E-state index contributed by atoms with van der Waals surface area (Å²) < 4.78 is 21.0. The number of aromatic nitrogens is 1. The lowest BCUT2D eigenvalue weighted by atomic mass is 9.89. The van der Waals surface area contributed by atoms with Crippen LogP contribution in [0.1, 0.15) is 40.9 Å². The third-order valence-corrected chi connectivity index (χ3v) is 8.98. The second-order valence-corrected chi connectivity index (χ2v) is 11.0. The van der Waals surface area contributed by atoms with Crippen LogP contribution in [0.4, 0.5) is 10.2 Å². The SMILES string of the molecule is CN[C@H]1CC[C@@H](N(Cc2cc(-c3ccc(N)nc3)ccc2OC)C(=O)c2sc3cccc(F)c3c2Cl)CC1. The topological polar surface area (TPSA) is 80.5 Å². The zero-order valence-corrected chi connectivity index (χ0v) is 22.9. The maximum absolute atomic E-state index is 14.6. The quantitative estimate of drug-likeness (QED) is 0.273. The zero-order chi connectivity index (χ0) is 26.8. The van der Waals surface area contributed by atoms with Gasteiger partial charge in [0.2, 0.25) is 0 Å². The van der Waals surface area contributed by atoms with Gasteiger partial charge >= 0.3 is 0 Å². The summed E-state index contributed by atoms with van der Waals surface area (Å²) in [4.78, 5) is 20.6. The number of halogens is 2. The summed E-state index contributed by atoms with van der Waals surface area (Å²) in [6.07, 6.45) is 5.38. The fraction of sp³-hybridized carbons (Fsp3) is 0.310. The molecule has 0 saturated heterocycles. The molecule has 1 fully saturated rings. The largest absolute Gasteiger partial charge is 0.496 e. The van der Waals surface area contributed by atoms with Crippen LogP contribution in [0.3, 0.4) is 0 Å². The van der Waals surface area contributed by atoms with Crippen LogP contribution >= 0.6 is 22.9 Å². The van der Waals surface area contributed by atoms with Gasteiger partial charge in [0, 0.05) is 46.0 Å². The number of hydrogen-bond acceptors (Lipinski definition) is 6. The van der Waals surface area contributed by atoms with Gasteiger partial charge in [-0.3, -0.25) is 4.79 Å². The van der Waals surface area contributed by atoms with Crippen molar-refractivity contribution in [3.63, 3.8) is 0 Å². The summed E-state index contributed by atoms with van der Waals surface area (Å²) in [7, 11) is 3.60. The lowest BCUT2D eigenvalue weighted by molar-refractivity contribution is 0.0604. The highest BCUT2D eigenvalue weighted by molar-refractivity contribution is 7.21. The lowest BCUT2D eigenvalue weighted by Crippen LogP contribution is -2.44. The smallest absolute Gasteiger partial charge is 0.266 e. The number of rotatable bonds is 7. The van der Waals surface area contributed by atoms with Crippen LogP contribution in [0.2, 0.25) is 5.02 Å². The normalized spacial score (nSPS) is 17.5. The van der Waals surface area contributed by atoms with E-state index in [1.54, 1.807) is 31.5 Å². The Bertz CT molecular complexity index is 1450. The van der Waals surface area contributed by atoms with E-state index in [1.165, 1.54) is 17.4 Å². The van der Waals surface area contributed by atoms with Gasteiger partial charge in [0.15, 0.2) is 0 Å². The molecule has 0 bridgehead atoms. The van der Waals surface area contributed by atoms with Crippen LogP contribution in [-0.2, 0) is 6.54 Å². The Morgan fingerprint density at radius 1 is 1.18 bits per heavy atom. The lowest BCUT2D eigenvalue weighted by Gasteiger charge is -2.37. The van der Waals surface area contributed by atoms with Crippen molar-refractivity contribution in [2.45, 2.75) is 44.3 Å². The molecule has 9 heteroatoms. The van der Waals surface area contributed by atoms with Crippen molar-refractivity contribution in [2.24, 2.45) is 0 Å². The molecular weight excluding hydrogens is 523 g/mol. The molecule has 198 valence electrons. The number of fused-ring (bicyclic) bond motifs is 1. The van der Waals surface area contributed by atoms with Crippen molar-refractivity contribution < 1.29 is 13.9 Å². The first-order valence-corrected chi connectivity index (χ1v) is 13.8. The number of anilines is 1. The fourth-order valence-corrected chi connectivity index (χ4v) is 6.73. The number of pyridine rings is 1. The van der Waals surface area contributed by atoms with Crippen molar-refractivity contribution >= 4 is 44.7 Å². The number of carbonyl (C=O) groups excluding carboxylic acids is 1. The Kier molecular flexibility index (Phi) is 7.83. The number of thiophene rings is 1. The first-order chi connectivity index (χ1) is 18.4. The van der Waals surface area contributed by atoms with E-state index in [2.05, 4.69) is 10.3 Å². The highest BCUT2D eigenvalue weighted by Gasteiger charge is 2.32. The second kappa shape index (κ2) is 11.3. The number of nitrogens with two attached hydrogens (primary N) is 1. The van der Waals surface area contributed by atoms with Gasteiger partial charge in [-0.1, -0.05) is 23.7 Å². The molecular formula is C29H30ClFN4O2S. The summed E-state index contributed by atoms with van der Waals surface area (Å²) in [6.45, 7) is 0.334. The molecule has 0 aliphatic heterocycles. The van der Waals surface area contributed by atoms with Gasteiger partial charge < -0.3 is 20.7 Å². The number of amides is 1. The van der Waals surface area contributed by atoms with E-state index in [0.29, 0.717) is 39.1 Å². The maximum Gasteiger partial charge on any atom is 0.266 e. The number of nitrogens with zero attached hydrogens (tertiary/aromatic N) is 2. The molecule has 2 aromatic carbocycles. The molecule has 5 rings (SSSR count). The van der Waals surface area contributed by atoms with Crippen LogP contribution in [0, 0.1) is 5.82 Å². The molecule has 4 aromatic rings. The monoisotopic (exact) mass is 552 g/mol. The summed E-state index contributed by atoms with van der Waals surface area (Å²) in [5, 5.41) is 3.84. The molecule has 0 atom stereocenters. The van der Waals surface area contributed by atoms with Crippen molar-refractivity contribution in [2.75, 3.05) is 19.9 Å². The average molecular weight is 553 g/mol. The molecule has 0 radical (unpaired) electrons. The minimum Gasteiger partial charge on any atom is -0.496 e. The summed E-state index contributed by atoms with van der Waals surface area (Å²) >= 11 is 7.88. The molecule has 2 heterocycles. The van der Waals surface area contributed by atoms with E-state index in [0.717, 1.165) is 42.4 Å². The van der Waals surface area contributed by atoms with Crippen molar-refractivity contribution in [3.05, 3.63) is 76.0 Å². The van der Waals surface area contributed by atoms with Crippen LogP contribution in [0.5, 0.6) is 5.75 Å². The molecule has 0 unspecified atom stereocenters. The highest BCUT2D eigenvalue weighted by atomic mass is 35.5. The number of carbonyl (C=O) groups is 1. The Morgan fingerprint density at radius 2 is 1.95 bits per heavy atom. The molecule has 2 aromatic heterocycles. The minimum absolute atomic E-state index is 0.0183. The van der Waals surface area contributed by atoms with Crippen LogP contribution in [0.25, 0.3) is 21.2 Å². The standard InChI is InChI=1S/C29H30ClFN4O2S/c1-33-20-8-10-21(11-9-20)35(29(36)28-27(30)26-22(31)4-3-5-24(26)38-28)16-19-14-17(6-12-23(19)37-2)18-7-13-25(32)34-15-18/h3-7,12-15,20-21,33H,8-11,16H2,1-2H3,(H2,32,34)/t20-,21+. The van der Waals surface area contributed by atoms with E-state index in [1.807, 2.05) is 36.2 Å². The minimum atomic E-state index is -0.421. The molecule has 3 N–H and O–H groups in total. The van der Waals surface area contributed by atoms with Crippen molar-refractivity contribution in [1.82, 2.24) is 15.2 Å². The van der Waals surface area contributed by atoms with E-state index in [4.69, 9.17) is 22.1 Å². The Morgan fingerprint density at radius 3 is 2.61 bits per heavy atom. The maximum atomic E-state index is 14.6. The fourth-order valence-electron chi connectivity index (χ4n) is 5.22. The second-order valence-electron chi connectivity index (χ2n) is 9.58. The van der Waals surface area contributed by atoms with Gasteiger partial charge in [0.1, 0.15) is 22.3 Å². The van der Waals surface area contributed by atoms with Gasteiger partial charge in [-0.15, -0.1) is 11.3 Å². The summed E-state index contributed by atoms with van der Waals surface area (Å²) in [6, 6.07) is 14.8. The van der Waals surface area contributed by atoms with E-state index < -0.39 is 5.82 Å². The van der Waals surface area contributed by atoms with Gasteiger partial charge in [-0.25, -0.2) is 9.37 Å². The molecule has 1 aliphatic rings. The molecule has 38 heavy (non-hydrogen) atoms. The van der Waals surface area contributed by atoms with Crippen LogP contribution in [0.15, 0.2) is 54.7 Å². The molecule has 0 spiro atoms. The summed E-state index contributed by atoms with van der Waals surface area (Å²) in [5.41, 5.74) is 8.50. The summed E-state index contributed by atoms with van der Waals surface area (Å²) in [5.74, 6) is 0.529. The van der Waals surface area contributed by atoms with E-state index in [-0.39, 0.29) is 17.0 Å². The number of nitrogen functional groups attached to an aromatic ring is 1. The Labute approximate surface area is 230 Å². The van der Waals surface area contributed by atoms with Gasteiger partial charge in [-0.05, 0) is 74.7 Å². The number of methoxy groups -OCH3 is 1. The third kappa shape index (κ3) is 5.21. The highest BCUT2D eigenvalue weighted by Crippen LogP contribution is 2.39. The van der Waals surface area contributed by atoms with Crippen molar-refractivity contribution in [3.8, 4) is 16.9 Å². The van der Waals surface area contributed by atoms with Gasteiger partial charge in [-0.2, -0.15) is 0 Å². The van der Waals surface area contributed by atoms with Gasteiger partial charge in [0.05, 0.1) is 12.1 Å². The van der Waals surface area contributed by atoms with E-state index in [9.17, 15) is 9.18 Å². The van der Waals surface area contributed by atoms with Gasteiger partial charge in [0.25, 0.3) is 5.91 Å². The first-order valence-electron chi connectivity index (χ1n) is 12.6. The van der Waals surface area contributed by atoms with E-state index >= 15 is 0 Å². The average Bonchev–Trinajstić information content (AvgIpc) is 3.29. The van der Waals surface area contributed by atoms with Crippen molar-refractivity contribution in [1.29, 1.82) is 0 Å². The number of hydrogen-bond donors (Lipinski definition) is 2. The number of nitrogens with one attached hydrogen (secondary N) is 1. The number of ether oxygens (including phenoxy) is 1.